The van der Waals surface area contributed by atoms with E-state index in [0.29, 0.717) is 5.78 Å². The lowest BCUT2D eigenvalue weighted by Crippen LogP contribution is -2.15. The second-order valence-corrected chi connectivity index (χ2v) is 4.30. The Morgan fingerprint density at radius 1 is 1.38 bits per heavy atom. The van der Waals surface area contributed by atoms with Crippen LogP contribution in [0.5, 0.6) is 0 Å². The number of allylic oxidation sites excluding steroid dienone is 4. The molecular weight excluding hydrogens is 160 g/mol. The van der Waals surface area contributed by atoms with Gasteiger partial charge < -0.3 is 0 Å². The molecule has 0 aliphatic heterocycles. The van der Waals surface area contributed by atoms with Crippen molar-refractivity contribution in [2.45, 2.75) is 39.5 Å². The van der Waals surface area contributed by atoms with E-state index in [4.69, 9.17) is 0 Å². The summed E-state index contributed by atoms with van der Waals surface area (Å²) >= 11 is 0. The van der Waals surface area contributed by atoms with Crippen LogP contribution in [0.3, 0.4) is 0 Å². The maximum atomic E-state index is 11.9. The number of rotatable bonds is 0. The fraction of sp³-hybridized carbons (Fsp3) is 0.583. The highest BCUT2D eigenvalue weighted by Gasteiger charge is 2.32. The predicted octanol–water partition coefficient (Wildman–Crippen LogP) is 3.02. The minimum Gasteiger partial charge on any atom is -0.294 e. The van der Waals surface area contributed by atoms with Crippen molar-refractivity contribution < 1.29 is 4.79 Å². The second kappa shape index (κ2) is 3.13. The predicted molar refractivity (Wildman–Crippen MR) is 53.4 cm³/mol. The zero-order chi connectivity index (χ0) is 9.42. The highest BCUT2D eigenvalue weighted by molar-refractivity contribution is 6.05. The number of hydrogen-bond donors (Lipinski definition) is 0. The Morgan fingerprint density at radius 2 is 2.15 bits per heavy atom. The van der Waals surface area contributed by atoms with E-state index in [1.807, 2.05) is 13.8 Å². The number of Topliss-reactive ketones (excluding diaryl/α,β-unsaturated/α-hetero) is 1. The maximum Gasteiger partial charge on any atom is 0.169 e. The molecule has 0 N–H and O–H groups in total. The molecule has 0 spiro atoms. The third kappa shape index (κ3) is 1.37. The zero-order valence-electron chi connectivity index (χ0n) is 8.39. The van der Waals surface area contributed by atoms with E-state index in [-0.39, 0.29) is 5.92 Å². The topological polar surface area (TPSA) is 17.1 Å². The molecule has 1 nitrogen and oxygen atoms in total. The molecule has 0 heterocycles. The van der Waals surface area contributed by atoms with E-state index in [2.05, 4.69) is 6.08 Å². The van der Waals surface area contributed by atoms with Gasteiger partial charge in [0.05, 0.1) is 0 Å². The first-order valence-corrected chi connectivity index (χ1v) is 5.12. The van der Waals surface area contributed by atoms with Crippen LogP contribution in [-0.2, 0) is 4.79 Å². The summed E-state index contributed by atoms with van der Waals surface area (Å²) in [6.07, 6.45) is 6.87. The lowest BCUT2D eigenvalue weighted by Gasteiger charge is -2.18. The van der Waals surface area contributed by atoms with Gasteiger partial charge >= 0.3 is 0 Å². The van der Waals surface area contributed by atoms with E-state index in [9.17, 15) is 4.79 Å². The molecule has 2 rings (SSSR count). The van der Waals surface area contributed by atoms with Crippen LogP contribution in [0.1, 0.15) is 39.5 Å². The van der Waals surface area contributed by atoms with E-state index in [1.54, 1.807) is 0 Å². The van der Waals surface area contributed by atoms with Crippen molar-refractivity contribution >= 4 is 5.78 Å². The highest BCUT2D eigenvalue weighted by Crippen LogP contribution is 2.38. The summed E-state index contributed by atoms with van der Waals surface area (Å²) in [5, 5.41) is 0. The van der Waals surface area contributed by atoms with Crippen molar-refractivity contribution in [1.29, 1.82) is 0 Å². The third-order valence-corrected chi connectivity index (χ3v) is 3.11. The molecule has 1 heteroatoms. The number of carbonyl (C=O) groups is 1. The Labute approximate surface area is 79.5 Å². The number of ketones is 1. The van der Waals surface area contributed by atoms with E-state index in [0.717, 1.165) is 18.4 Å². The summed E-state index contributed by atoms with van der Waals surface area (Å²) in [7, 11) is 0. The van der Waals surface area contributed by atoms with Crippen molar-refractivity contribution in [3.05, 3.63) is 22.8 Å². The first kappa shape index (κ1) is 8.74. The molecule has 0 aromatic carbocycles. The fourth-order valence-corrected chi connectivity index (χ4v) is 2.34. The van der Waals surface area contributed by atoms with Crippen molar-refractivity contribution in [3.63, 3.8) is 0 Å². The summed E-state index contributed by atoms with van der Waals surface area (Å²) in [6.45, 7) is 4.06. The lowest BCUT2D eigenvalue weighted by atomic mass is 9.85. The Balaban J connectivity index is 2.35. The average molecular weight is 176 g/mol. The number of carbonyl (C=O) groups excluding carboxylic acids is 1. The van der Waals surface area contributed by atoms with Gasteiger partial charge in [-0.05, 0) is 33.1 Å². The summed E-state index contributed by atoms with van der Waals surface area (Å²) < 4.78 is 0. The van der Waals surface area contributed by atoms with Gasteiger partial charge in [-0.15, -0.1) is 0 Å². The molecule has 0 radical (unpaired) electrons. The van der Waals surface area contributed by atoms with Crippen LogP contribution < -0.4 is 0 Å². The minimum absolute atomic E-state index is 0.263. The van der Waals surface area contributed by atoms with Crippen molar-refractivity contribution in [3.8, 4) is 0 Å². The minimum atomic E-state index is 0.263. The summed E-state index contributed by atoms with van der Waals surface area (Å²) in [4.78, 5) is 11.9. The molecule has 0 bridgehead atoms. The van der Waals surface area contributed by atoms with Crippen molar-refractivity contribution in [2.24, 2.45) is 5.92 Å². The monoisotopic (exact) mass is 176 g/mol. The molecule has 0 aromatic heterocycles. The molecule has 0 amide bonds. The standard InChI is InChI=1S/C12H16O/c1-8(2)11-7-9-5-3-4-6-10(9)12(11)13/h7,10H,3-6H2,1-2H3/t10-/m1/s1. The van der Waals surface area contributed by atoms with Gasteiger partial charge in [0.2, 0.25) is 0 Å². The first-order valence-electron chi connectivity index (χ1n) is 5.12. The average Bonchev–Trinajstić information content (AvgIpc) is 2.45. The molecule has 1 atom stereocenters. The molecule has 1 saturated carbocycles. The van der Waals surface area contributed by atoms with Gasteiger partial charge in [0.25, 0.3) is 0 Å². The number of hydrogen-bond acceptors (Lipinski definition) is 1. The molecule has 1 fully saturated rings. The molecule has 13 heavy (non-hydrogen) atoms. The highest BCUT2D eigenvalue weighted by atomic mass is 16.1. The largest absolute Gasteiger partial charge is 0.294 e. The Morgan fingerprint density at radius 3 is 2.77 bits per heavy atom. The molecule has 2 aliphatic rings. The van der Waals surface area contributed by atoms with Crippen LogP contribution in [0.15, 0.2) is 22.8 Å². The van der Waals surface area contributed by atoms with E-state index < -0.39 is 0 Å². The van der Waals surface area contributed by atoms with Crippen molar-refractivity contribution in [1.82, 2.24) is 0 Å². The van der Waals surface area contributed by atoms with Gasteiger partial charge in [-0.3, -0.25) is 4.79 Å². The smallest absolute Gasteiger partial charge is 0.169 e. The van der Waals surface area contributed by atoms with Gasteiger partial charge in [0.15, 0.2) is 5.78 Å². The Bertz CT molecular complexity index is 303. The van der Waals surface area contributed by atoms with Gasteiger partial charge in [-0.1, -0.05) is 23.6 Å². The zero-order valence-corrected chi connectivity index (χ0v) is 8.39. The van der Waals surface area contributed by atoms with Crippen LogP contribution >= 0.6 is 0 Å². The Kier molecular flexibility index (Phi) is 2.10. The van der Waals surface area contributed by atoms with Crippen LogP contribution in [0.4, 0.5) is 0 Å². The molecule has 0 saturated heterocycles. The summed E-state index contributed by atoms with van der Waals surface area (Å²) in [5.41, 5.74) is 3.56. The van der Waals surface area contributed by atoms with Gasteiger partial charge in [0.1, 0.15) is 0 Å². The van der Waals surface area contributed by atoms with Gasteiger partial charge in [-0.25, -0.2) is 0 Å². The van der Waals surface area contributed by atoms with Crippen LogP contribution in [0, 0.1) is 5.92 Å². The quantitative estimate of drug-likeness (QED) is 0.518. The summed E-state index contributed by atoms with van der Waals surface area (Å²) in [5.74, 6) is 0.647. The van der Waals surface area contributed by atoms with Crippen LogP contribution in [0.25, 0.3) is 0 Å². The van der Waals surface area contributed by atoms with Crippen LogP contribution in [0.2, 0.25) is 0 Å². The van der Waals surface area contributed by atoms with Gasteiger partial charge in [0, 0.05) is 11.5 Å². The maximum absolute atomic E-state index is 11.9. The van der Waals surface area contributed by atoms with Crippen LogP contribution in [-0.4, -0.2) is 5.78 Å². The SMILES string of the molecule is CC(C)=C1C=C2CCCC[C@H]2C1=O. The second-order valence-electron chi connectivity index (χ2n) is 4.30. The fourth-order valence-electron chi connectivity index (χ4n) is 2.34. The first-order chi connectivity index (χ1) is 6.20. The molecule has 0 unspecified atom stereocenters. The molecule has 70 valence electrons. The van der Waals surface area contributed by atoms with E-state index in [1.165, 1.54) is 24.0 Å². The molecule has 2 aliphatic carbocycles. The third-order valence-electron chi connectivity index (χ3n) is 3.11. The Hall–Kier alpha value is -0.850. The molecule has 0 aromatic rings. The lowest BCUT2D eigenvalue weighted by molar-refractivity contribution is -0.117. The number of fused-ring (bicyclic) bond motifs is 1. The normalized spacial score (nSPS) is 27.2. The van der Waals surface area contributed by atoms with Crippen molar-refractivity contribution in [2.75, 3.05) is 0 Å². The van der Waals surface area contributed by atoms with Gasteiger partial charge in [-0.2, -0.15) is 0 Å². The molecular formula is C12H16O. The summed E-state index contributed by atoms with van der Waals surface area (Å²) in [6, 6.07) is 0. The van der Waals surface area contributed by atoms with E-state index >= 15 is 0 Å².